The van der Waals surface area contributed by atoms with Gasteiger partial charge in [0.25, 0.3) is 5.91 Å². The Balaban J connectivity index is 2.46. The van der Waals surface area contributed by atoms with Crippen molar-refractivity contribution >= 4 is 28.9 Å². The van der Waals surface area contributed by atoms with E-state index in [9.17, 15) is 4.79 Å². The average Bonchev–Trinajstić information content (AvgIpc) is 2.29. The molecule has 1 aromatic carbocycles. The Bertz CT molecular complexity index is 445. The number of hydrogen-bond donors (Lipinski definition) is 2. The summed E-state index contributed by atoms with van der Waals surface area (Å²) in [7, 11) is 0. The summed E-state index contributed by atoms with van der Waals surface area (Å²) in [4.78, 5) is 13.4. The Morgan fingerprint density at radius 1 is 1.35 bits per heavy atom. The predicted molar refractivity (Wildman–Crippen MR) is 67.4 cm³/mol. The summed E-state index contributed by atoms with van der Waals surface area (Å²) in [5.41, 5.74) is 12.4. The van der Waals surface area contributed by atoms with Crippen LogP contribution in [0.25, 0.3) is 0 Å². The molecule has 1 amide bonds. The molecule has 1 saturated heterocycles. The smallest absolute Gasteiger partial charge is 0.250 e. The molecule has 1 heterocycles. The van der Waals surface area contributed by atoms with Gasteiger partial charge in [0.15, 0.2) is 0 Å². The monoisotopic (exact) mass is 255 g/mol. The molecular formula is C11H14ClN3O2. The first-order valence-electron chi connectivity index (χ1n) is 5.31. The number of morpholine rings is 1. The first kappa shape index (κ1) is 12.0. The maximum atomic E-state index is 11.4. The van der Waals surface area contributed by atoms with Crippen LogP contribution in [-0.2, 0) is 4.74 Å². The van der Waals surface area contributed by atoms with Gasteiger partial charge in [0.1, 0.15) is 0 Å². The van der Waals surface area contributed by atoms with Gasteiger partial charge in [-0.3, -0.25) is 4.79 Å². The molecule has 0 saturated carbocycles. The molecule has 1 aliphatic rings. The molecule has 92 valence electrons. The average molecular weight is 256 g/mol. The summed E-state index contributed by atoms with van der Waals surface area (Å²) in [6, 6.07) is 3.18. The number of amides is 1. The van der Waals surface area contributed by atoms with E-state index < -0.39 is 5.91 Å². The molecule has 4 N–H and O–H groups in total. The molecule has 0 aromatic heterocycles. The van der Waals surface area contributed by atoms with Crippen molar-refractivity contribution in [1.29, 1.82) is 0 Å². The molecule has 0 radical (unpaired) electrons. The third kappa shape index (κ3) is 2.45. The van der Waals surface area contributed by atoms with Crippen LogP contribution in [0.2, 0.25) is 5.02 Å². The molecule has 0 aliphatic carbocycles. The fraction of sp³-hybridized carbons (Fsp3) is 0.364. The lowest BCUT2D eigenvalue weighted by molar-refractivity contribution is 0.0998. The number of anilines is 2. The van der Waals surface area contributed by atoms with Crippen molar-refractivity contribution in [2.24, 2.45) is 5.73 Å². The molecule has 17 heavy (non-hydrogen) atoms. The second kappa shape index (κ2) is 4.81. The van der Waals surface area contributed by atoms with Crippen LogP contribution in [0.3, 0.4) is 0 Å². The first-order chi connectivity index (χ1) is 8.09. The molecular weight excluding hydrogens is 242 g/mol. The number of hydrogen-bond acceptors (Lipinski definition) is 4. The van der Waals surface area contributed by atoms with Crippen molar-refractivity contribution in [1.82, 2.24) is 0 Å². The number of ether oxygens (including phenoxy) is 1. The Hall–Kier alpha value is -1.46. The van der Waals surface area contributed by atoms with E-state index in [4.69, 9.17) is 27.8 Å². The number of halogens is 1. The molecule has 0 spiro atoms. The highest BCUT2D eigenvalue weighted by Crippen LogP contribution is 2.32. The van der Waals surface area contributed by atoms with Gasteiger partial charge < -0.3 is 21.1 Å². The van der Waals surface area contributed by atoms with Gasteiger partial charge in [0.2, 0.25) is 0 Å². The van der Waals surface area contributed by atoms with E-state index in [-0.39, 0.29) is 0 Å². The Labute approximate surface area is 104 Å². The molecule has 1 aromatic rings. The van der Waals surface area contributed by atoms with Crippen molar-refractivity contribution in [2.75, 3.05) is 36.9 Å². The van der Waals surface area contributed by atoms with Gasteiger partial charge in [-0.15, -0.1) is 0 Å². The third-order valence-electron chi connectivity index (χ3n) is 2.68. The van der Waals surface area contributed by atoms with Gasteiger partial charge in [-0.2, -0.15) is 0 Å². The number of carbonyl (C=O) groups excluding carboxylic acids is 1. The zero-order chi connectivity index (χ0) is 12.4. The molecule has 6 heteroatoms. The summed E-state index contributed by atoms with van der Waals surface area (Å²) >= 11 is 6.14. The van der Waals surface area contributed by atoms with E-state index in [1.165, 1.54) is 0 Å². The Morgan fingerprint density at radius 3 is 2.59 bits per heavy atom. The lowest BCUT2D eigenvalue weighted by atomic mass is 10.1. The molecule has 5 nitrogen and oxygen atoms in total. The van der Waals surface area contributed by atoms with Gasteiger partial charge in [-0.1, -0.05) is 11.6 Å². The van der Waals surface area contributed by atoms with Gasteiger partial charge in [-0.05, 0) is 12.1 Å². The van der Waals surface area contributed by atoms with Crippen LogP contribution in [-0.4, -0.2) is 32.2 Å². The summed E-state index contributed by atoms with van der Waals surface area (Å²) in [5.74, 6) is -0.527. The van der Waals surface area contributed by atoms with Crippen molar-refractivity contribution in [3.63, 3.8) is 0 Å². The van der Waals surface area contributed by atoms with Crippen LogP contribution >= 0.6 is 11.6 Å². The lowest BCUT2D eigenvalue weighted by Gasteiger charge is -2.31. The maximum absolute atomic E-state index is 11.4. The zero-order valence-electron chi connectivity index (χ0n) is 9.28. The largest absolute Gasteiger partial charge is 0.399 e. The standard InChI is InChI=1S/C11H14ClN3O2/c12-9-6-7(13)5-8(11(14)16)10(9)15-1-3-17-4-2-15/h5-6H,1-4,13H2,(H2,14,16). The quantitative estimate of drug-likeness (QED) is 0.768. The first-order valence-corrected chi connectivity index (χ1v) is 5.69. The minimum Gasteiger partial charge on any atom is -0.399 e. The van der Waals surface area contributed by atoms with E-state index in [1.807, 2.05) is 4.90 Å². The fourth-order valence-corrected chi connectivity index (χ4v) is 2.26. The summed E-state index contributed by atoms with van der Waals surface area (Å²) < 4.78 is 5.26. The van der Waals surface area contributed by atoms with Gasteiger partial charge in [0, 0.05) is 18.8 Å². The second-order valence-electron chi connectivity index (χ2n) is 3.86. The van der Waals surface area contributed by atoms with Crippen LogP contribution in [0.4, 0.5) is 11.4 Å². The summed E-state index contributed by atoms with van der Waals surface area (Å²) in [6.07, 6.45) is 0. The fourth-order valence-electron chi connectivity index (χ4n) is 1.92. The minimum atomic E-state index is -0.527. The van der Waals surface area contributed by atoms with Crippen molar-refractivity contribution in [2.45, 2.75) is 0 Å². The predicted octanol–water partition coefficient (Wildman–Crippen LogP) is 0.858. The highest BCUT2D eigenvalue weighted by molar-refractivity contribution is 6.34. The number of rotatable bonds is 2. The Morgan fingerprint density at radius 2 is 2.00 bits per heavy atom. The normalized spacial score (nSPS) is 15.9. The molecule has 0 unspecified atom stereocenters. The molecule has 0 atom stereocenters. The molecule has 1 aliphatic heterocycles. The van der Waals surface area contributed by atoms with Gasteiger partial charge >= 0.3 is 0 Å². The minimum absolute atomic E-state index is 0.358. The maximum Gasteiger partial charge on any atom is 0.250 e. The molecule has 2 rings (SSSR count). The number of nitrogens with zero attached hydrogens (tertiary/aromatic N) is 1. The summed E-state index contributed by atoms with van der Waals surface area (Å²) in [5, 5.41) is 0.445. The number of carbonyl (C=O) groups is 1. The van der Waals surface area contributed by atoms with Crippen LogP contribution in [0, 0.1) is 0 Å². The van der Waals surface area contributed by atoms with Crippen molar-refractivity contribution in [3.8, 4) is 0 Å². The number of primary amides is 1. The van der Waals surface area contributed by atoms with Crippen LogP contribution in [0.5, 0.6) is 0 Å². The molecule has 1 fully saturated rings. The van der Waals surface area contributed by atoms with Crippen LogP contribution in [0.1, 0.15) is 10.4 Å². The van der Waals surface area contributed by atoms with E-state index in [1.54, 1.807) is 12.1 Å². The Kier molecular flexibility index (Phi) is 3.40. The number of nitrogen functional groups attached to an aromatic ring is 1. The van der Waals surface area contributed by atoms with Crippen LogP contribution < -0.4 is 16.4 Å². The topological polar surface area (TPSA) is 81.6 Å². The number of benzene rings is 1. The van der Waals surface area contributed by atoms with Crippen molar-refractivity contribution in [3.05, 3.63) is 22.7 Å². The zero-order valence-corrected chi connectivity index (χ0v) is 10.0. The SMILES string of the molecule is NC(=O)c1cc(N)cc(Cl)c1N1CCOCC1. The lowest BCUT2D eigenvalue weighted by Crippen LogP contribution is -2.37. The second-order valence-corrected chi connectivity index (χ2v) is 4.27. The van der Waals surface area contributed by atoms with Crippen LogP contribution in [0.15, 0.2) is 12.1 Å². The van der Waals surface area contributed by atoms with Gasteiger partial charge in [0.05, 0.1) is 29.5 Å². The van der Waals surface area contributed by atoms with Gasteiger partial charge in [-0.25, -0.2) is 0 Å². The highest BCUT2D eigenvalue weighted by atomic mass is 35.5. The van der Waals surface area contributed by atoms with E-state index in [0.29, 0.717) is 48.3 Å². The highest BCUT2D eigenvalue weighted by Gasteiger charge is 2.21. The summed E-state index contributed by atoms with van der Waals surface area (Å²) in [6.45, 7) is 2.59. The number of nitrogens with two attached hydrogens (primary N) is 2. The van der Waals surface area contributed by atoms with E-state index >= 15 is 0 Å². The molecule has 0 bridgehead atoms. The van der Waals surface area contributed by atoms with E-state index in [2.05, 4.69) is 0 Å². The van der Waals surface area contributed by atoms with E-state index in [0.717, 1.165) is 0 Å². The van der Waals surface area contributed by atoms with Crippen molar-refractivity contribution < 1.29 is 9.53 Å². The third-order valence-corrected chi connectivity index (χ3v) is 2.97.